The van der Waals surface area contributed by atoms with Crippen molar-refractivity contribution in [3.8, 4) is 0 Å². The van der Waals surface area contributed by atoms with Crippen LogP contribution in [0.1, 0.15) is 33.3 Å². The van der Waals surface area contributed by atoms with Gasteiger partial charge in [0.15, 0.2) is 5.13 Å². The minimum Gasteiger partial charge on any atom is -0.444 e. The fraction of sp³-hybridized carbons (Fsp3) is 0.421. The summed E-state index contributed by atoms with van der Waals surface area (Å²) in [6.45, 7) is 7.32. The van der Waals surface area contributed by atoms with Crippen LogP contribution in [0.5, 0.6) is 0 Å². The zero-order chi connectivity index (χ0) is 19.9. The Morgan fingerprint density at radius 1 is 1.22 bits per heavy atom. The summed E-state index contributed by atoms with van der Waals surface area (Å²) >= 11 is 1.29. The van der Waals surface area contributed by atoms with Crippen molar-refractivity contribution >= 4 is 28.5 Å². The first-order valence-corrected chi connectivity index (χ1v) is 9.48. The molecule has 0 aliphatic rings. The summed E-state index contributed by atoms with van der Waals surface area (Å²) in [5.41, 5.74) is 0.301. The summed E-state index contributed by atoms with van der Waals surface area (Å²) in [7, 11) is 0. The molecule has 2 N–H and O–H groups in total. The molecular weight excluding hydrogens is 366 g/mol. The smallest absolute Gasteiger partial charge is 0.408 e. The number of aromatic nitrogens is 1. The summed E-state index contributed by atoms with van der Waals surface area (Å²) in [4.78, 5) is 28.9. The Morgan fingerprint density at radius 2 is 1.93 bits per heavy atom. The molecule has 0 aliphatic heterocycles. The van der Waals surface area contributed by atoms with Crippen LogP contribution in [-0.4, -0.2) is 34.7 Å². The molecule has 0 bridgehead atoms. The van der Waals surface area contributed by atoms with Gasteiger partial charge in [0.25, 0.3) is 5.91 Å². The third-order valence-electron chi connectivity index (χ3n) is 3.44. The Kier molecular flexibility index (Phi) is 7.32. The number of nitrogens with zero attached hydrogens (tertiary/aromatic N) is 1. The van der Waals surface area contributed by atoms with Gasteiger partial charge in [0.05, 0.1) is 12.7 Å². The van der Waals surface area contributed by atoms with E-state index >= 15 is 0 Å². The van der Waals surface area contributed by atoms with Crippen LogP contribution in [0.3, 0.4) is 0 Å². The number of ether oxygens (including phenoxy) is 2. The van der Waals surface area contributed by atoms with Gasteiger partial charge in [-0.15, -0.1) is 11.3 Å². The fourth-order valence-corrected chi connectivity index (χ4v) is 2.73. The highest BCUT2D eigenvalue weighted by Gasteiger charge is 2.30. The Hall–Kier alpha value is -2.45. The molecule has 2 atom stereocenters. The fourth-order valence-electron chi connectivity index (χ4n) is 2.20. The van der Waals surface area contributed by atoms with E-state index in [-0.39, 0.29) is 0 Å². The lowest BCUT2D eigenvalue weighted by atomic mass is 10.1. The number of amides is 2. The lowest BCUT2D eigenvalue weighted by Gasteiger charge is -2.26. The monoisotopic (exact) mass is 391 g/mol. The Labute approximate surface area is 163 Å². The zero-order valence-corrected chi connectivity index (χ0v) is 16.7. The van der Waals surface area contributed by atoms with E-state index in [9.17, 15) is 9.59 Å². The van der Waals surface area contributed by atoms with Gasteiger partial charge in [-0.1, -0.05) is 30.3 Å². The number of hydrogen-bond donors (Lipinski definition) is 2. The molecule has 0 saturated heterocycles. The molecule has 1 aromatic heterocycles. The van der Waals surface area contributed by atoms with Gasteiger partial charge in [-0.3, -0.25) is 4.79 Å². The van der Waals surface area contributed by atoms with E-state index in [0.29, 0.717) is 11.7 Å². The first-order valence-electron chi connectivity index (χ1n) is 8.60. The zero-order valence-electron chi connectivity index (χ0n) is 15.9. The van der Waals surface area contributed by atoms with Crippen LogP contribution in [0.25, 0.3) is 0 Å². The maximum Gasteiger partial charge on any atom is 0.408 e. The van der Waals surface area contributed by atoms with E-state index in [2.05, 4.69) is 15.6 Å². The molecule has 0 unspecified atom stereocenters. The number of thiazole rings is 1. The number of benzene rings is 1. The predicted molar refractivity (Wildman–Crippen MR) is 105 cm³/mol. The Bertz CT molecular complexity index is 729. The number of hydrogen-bond acceptors (Lipinski definition) is 6. The second kappa shape index (κ2) is 9.48. The Morgan fingerprint density at radius 3 is 2.52 bits per heavy atom. The van der Waals surface area contributed by atoms with Crippen LogP contribution < -0.4 is 10.6 Å². The highest BCUT2D eigenvalue weighted by atomic mass is 32.1. The first kappa shape index (κ1) is 20.9. The summed E-state index contributed by atoms with van der Waals surface area (Å²) < 4.78 is 11.1. The van der Waals surface area contributed by atoms with Crippen molar-refractivity contribution in [1.82, 2.24) is 10.3 Å². The molecule has 7 nitrogen and oxygen atoms in total. The molecule has 0 saturated carbocycles. The maximum atomic E-state index is 12.7. The van der Waals surface area contributed by atoms with Crippen LogP contribution >= 0.6 is 11.3 Å². The van der Waals surface area contributed by atoms with Crippen molar-refractivity contribution in [3.63, 3.8) is 0 Å². The van der Waals surface area contributed by atoms with Gasteiger partial charge in [-0.05, 0) is 33.3 Å². The van der Waals surface area contributed by atoms with Gasteiger partial charge in [-0.25, -0.2) is 9.78 Å². The quantitative estimate of drug-likeness (QED) is 0.753. The van der Waals surface area contributed by atoms with Crippen molar-refractivity contribution in [1.29, 1.82) is 0 Å². The van der Waals surface area contributed by atoms with E-state index in [0.717, 1.165) is 5.56 Å². The van der Waals surface area contributed by atoms with Gasteiger partial charge in [0, 0.05) is 11.6 Å². The maximum absolute atomic E-state index is 12.7. The molecule has 27 heavy (non-hydrogen) atoms. The van der Waals surface area contributed by atoms with E-state index in [1.54, 1.807) is 39.3 Å². The average Bonchev–Trinajstić information content (AvgIpc) is 3.10. The van der Waals surface area contributed by atoms with Crippen LogP contribution in [-0.2, 0) is 20.9 Å². The number of alkyl carbamates (subject to hydrolysis) is 1. The molecule has 8 heteroatoms. The first-order chi connectivity index (χ1) is 12.7. The average molecular weight is 391 g/mol. The SMILES string of the molecule is C[C@H](OCc1ccccc1)[C@@H](NC(=O)OC(C)(C)C)C(=O)Nc1nccs1. The number of anilines is 1. The predicted octanol–water partition coefficient (Wildman–Crippen LogP) is 3.58. The summed E-state index contributed by atoms with van der Waals surface area (Å²) in [5, 5.41) is 7.49. The molecule has 0 radical (unpaired) electrons. The number of nitrogens with one attached hydrogen (secondary N) is 2. The molecule has 0 aliphatic carbocycles. The van der Waals surface area contributed by atoms with Gasteiger partial charge < -0.3 is 20.1 Å². The molecular formula is C19H25N3O4S. The molecule has 1 heterocycles. The van der Waals surface area contributed by atoms with Crippen LogP contribution in [0.15, 0.2) is 41.9 Å². The van der Waals surface area contributed by atoms with Crippen LogP contribution in [0.2, 0.25) is 0 Å². The van der Waals surface area contributed by atoms with Crippen molar-refractivity contribution in [3.05, 3.63) is 47.5 Å². The third kappa shape index (κ3) is 7.36. The van der Waals surface area contributed by atoms with Crippen molar-refractivity contribution in [2.24, 2.45) is 0 Å². The standard InChI is InChI=1S/C19H25N3O4S/c1-13(25-12-14-8-6-5-7-9-14)15(21-18(24)26-19(2,3)4)16(23)22-17-20-10-11-27-17/h5-11,13,15H,12H2,1-4H3,(H,21,24)(H,20,22,23)/t13-,15+/m0/s1. The van der Waals surface area contributed by atoms with E-state index in [4.69, 9.17) is 9.47 Å². The minimum atomic E-state index is -0.938. The van der Waals surface area contributed by atoms with Gasteiger partial charge in [-0.2, -0.15) is 0 Å². The molecule has 2 amide bonds. The summed E-state index contributed by atoms with van der Waals surface area (Å²) in [6.07, 6.45) is 0.320. The van der Waals surface area contributed by atoms with Crippen LogP contribution in [0, 0.1) is 0 Å². The highest BCUT2D eigenvalue weighted by Crippen LogP contribution is 2.14. The number of carbonyl (C=O) groups is 2. The second-order valence-corrected chi connectivity index (χ2v) is 7.85. The topological polar surface area (TPSA) is 89.5 Å². The number of rotatable bonds is 7. The van der Waals surface area contributed by atoms with Gasteiger partial charge in [0.1, 0.15) is 11.6 Å². The molecule has 2 aromatic rings. The third-order valence-corrected chi connectivity index (χ3v) is 4.13. The lowest BCUT2D eigenvalue weighted by Crippen LogP contribution is -2.52. The second-order valence-electron chi connectivity index (χ2n) is 6.95. The minimum absolute atomic E-state index is 0.318. The van der Waals surface area contributed by atoms with Crippen LogP contribution in [0.4, 0.5) is 9.93 Å². The van der Waals surface area contributed by atoms with Crippen molar-refractivity contribution < 1.29 is 19.1 Å². The highest BCUT2D eigenvalue weighted by molar-refractivity contribution is 7.13. The number of carbonyl (C=O) groups excluding carboxylic acids is 2. The Balaban J connectivity index is 2.04. The molecule has 1 aromatic carbocycles. The summed E-state index contributed by atoms with van der Waals surface area (Å²) in [6, 6.07) is 8.66. The molecule has 146 valence electrons. The van der Waals surface area contributed by atoms with E-state index in [1.807, 2.05) is 30.3 Å². The van der Waals surface area contributed by atoms with E-state index < -0.39 is 29.7 Å². The van der Waals surface area contributed by atoms with Crippen molar-refractivity contribution in [2.75, 3.05) is 5.32 Å². The molecule has 0 spiro atoms. The summed E-state index contributed by atoms with van der Waals surface area (Å²) in [5.74, 6) is -0.420. The lowest BCUT2D eigenvalue weighted by molar-refractivity contribution is -0.122. The largest absolute Gasteiger partial charge is 0.444 e. The van der Waals surface area contributed by atoms with Gasteiger partial charge in [0.2, 0.25) is 0 Å². The van der Waals surface area contributed by atoms with Gasteiger partial charge >= 0.3 is 6.09 Å². The molecule has 0 fully saturated rings. The van der Waals surface area contributed by atoms with E-state index in [1.165, 1.54) is 11.3 Å². The van der Waals surface area contributed by atoms with Crippen molar-refractivity contribution in [2.45, 2.75) is 52.0 Å². The molecule has 2 rings (SSSR count). The normalized spacial score (nSPS) is 13.5.